The molecule has 0 spiro atoms. The predicted octanol–water partition coefficient (Wildman–Crippen LogP) is 4.58. The van der Waals surface area contributed by atoms with E-state index in [9.17, 15) is 4.79 Å². The van der Waals surface area contributed by atoms with Gasteiger partial charge in [0.15, 0.2) is 0 Å². The van der Waals surface area contributed by atoms with Crippen molar-refractivity contribution >= 4 is 16.7 Å². The maximum Gasteiger partial charge on any atom is 0.338 e. The van der Waals surface area contributed by atoms with Crippen LogP contribution >= 0.6 is 0 Å². The maximum atomic E-state index is 11.9. The molecule has 2 rings (SSSR count). The smallest absolute Gasteiger partial charge is 0.338 e. The van der Waals surface area contributed by atoms with Gasteiger partial charge in [-0.15, -0.1) is 0 Å². The van der Waals surface area contributed by atoms with E-state index in [-0.39, 0.29) is 5.97 Å². The predicted molar refractivity (Wildman–Crippen MR) is 78.4 cm³/mol. The highest BCUT2D eigenvalue weighted by atomic mass is 16.5. The molecule has 0 heterocycles. The largest absolute Gasteiger partial charge is 0.462 e. The van der Waals surface area contributed by atoms with Crippen LogP contribution in [0, 0.1) is 0 Å². The van der Waals surface area contributed by atoms with Gasteiger partial charge in [-0.2, -0.15) is 0 Å². The SMILES string of the molecule is CCCCCCOC(=O)c1ccc2ccccc2c1. The Bertz CT molecular complexity index is 546. The van der Waals surface area contributed by atoms with Gasteiger partial charge >= 0.3 is 5.97 Å². The third kappa shape index (κ3) is 3.82. The lowest BCUT2D eigenvalue weighted by molar-refractivity contribution is 0.0498. The van der Waals surface area contributed by atoms with E-state index in [1.807, 2.05) is 42.5 Å². The molecule has 0 aliphatic rings. The van der Waals surface area contributed by atoms with Gasteiger partial charge < -0.3 is 4.74 Å². The fraction of sp³-hybridized carbons (Fsp3) is 0.353. The van der Waals surface area contributed by atoms with Gasteiger partial charge in [-0.25, -0.2) is 4.79 Å². The van der Waals surface area contributed by atoms with E-state index in [4.69, 9.17) is 4.74 Å². The van der Waals surface area contributed by atoms with E-state index >= 15 is 0 Å². The molecule has 0 N–H and O–H groups in total. The van der Waals surface area contributed by atoms with Crippen LogP contribution in [0.15, 0.2) is 42.5 Å². The molecule has 2 nitrogen and oxygen atoms in total. The number of carbonyl (C=O) groups is 1. The Morgan fingerprint density at radius 1 is 1.00 bits per heavy atom. The van der Waals surface area contributed by atoms with Gasteiger partial charge in [-0.3, -0.25) is 0 Å². The van der Waals surface area contributed by atoms with Crippen LogP contribution in [0.25, 0.3) is 10.8 Å². The third-order valence-electron chi connectivity index (χ3n) is 3.22. The Morgan fingerprint density at radius 3 is 2.58 bits per heavy atom. The summed E-state index contributed by atoms with van der Waals surface area (Å²) < 4.78 is 5.28. The second kappa shape index (κ2) is 6.93. The molecule has 0 bridgehead atoms. The van der Waals surface area contributed by atoms with Gasteiger partial charge in [0.25, 0.3) is 0 Å². The van der Waals surface area contributed by atoms with Crippen molar-refractivity contribution in [2.24, 2.45) is 0 Å². The summed E-state index contributed by atoms with van der Waals surface area (Å²) in [6, 6.07) is 13.7. The average molecular weight is 256 g/mol. The average Bonchev–Trinajstić information content (AvgIpc) is 2.46. The topological polar surface area (TPSA) is 26.3 Å². The minimum absolute atomic E-state index is 0.220. The van der Waals surface area contributed by atoms with Crippen molar-refractivity contribution in [3.63, 3.8) is 0 Å². The van der Waals surface area contributed by atoms with E-state index in [0.29, 0.717) is 12.2 Å². The first-order valence-electron chi connectivity index (χ1n) is 6.97. The normalized spacial score (nSPS) is 10.6. The van der Waals surface area contributed by atoms with Crippen molar-refractivity contribution in [2.75, 3.05) is 6.61 Å². The molecule has 0 amide bonds. The van der Waals surface area contributed by atoms with Gasteiger partial charge in [0.1, 0.15) is 0 Å². The van der Waals surface area contributed by atoms with Crippen molar-refractivity contribution in [3.05, 3.63) is 48.0 Å². The molecule has 19 heavy (non-hydrogen) atoms. The first-order valence-corrected chi connectivity index (χ1v) is 6.97. The van der Waals surface area contributed by atoms with Crippen molar-refractivity contribution in [3.8, 4) is 0 Å². The number of benzene rings is 2. The van der Waals surface area contributed by atoms with Crippen molar-refractivity contribution < 1.29 is 9.53 Å². The zero-order valence-corrected chi connectivity index (χ0v) is 11.4. The summed E-state index contributed by atoms with van der Waals surface area (Å²) in [5, 5.41) is 2.21. The third-order valence-corrected chi connectivity index (χ3v) is 3.22. The molecule has 0 saturated carbocycles. The van der Waals surface area contributed by atoms with Crippen LogP contribution in [-0.2, 0) is 4.74 Å². The standard InChI is InChI=1S/C17H20O2/c1-2-3-4-7-12-19-17(18)16-11-10-14-8-5-6-9-15(14)13-16/h5-6,8-11,13H,2-4,7,12H2,1H3. The Kier molecular flexibility index (Phi) is 4.96. The summed E-state index contributed by atoms with van der Waals surface area (Å²) in [7, 11) is 0. The summed E-state index contributed by atoms with van der Waals surface area (Å²) in [6.45, 7) is 2.69. The molecule has 0 atom stereocenters. The van der Waals surface area contributed by atoms with E-state index in [2.05, 4.69) is 6.92 Å². The summed E-state index contributed by atoms with van der Waals surface area (Å²) in [5.41, 5.74) is 0.634. The molecule has 0 aromatic heterocycles. The fourth-order valence-electron chi connectivity index (χ4n) is 2.09. The molecule has 0 unspecified atom stereocenters. The summed E-state index contributed by atoms with van der Waals surface area (Å²) in [5.74, 6) is -0.220. The van der Waals surface area contributed by atoms with Gasteiger partial charge in [-0.1, -0.05) is 56.5 Å². The van der Waals surface area contributed by atoms with E-state index in [0.717, 1.165) is 23.6 Å². The van der Waals surface area contributed by atoms with Crippen LogP contribution in [0.3, 0.4) is 0 Å². The Hall–Kier alpha value is -1.83. The molecule has 0 fully saturated rings. The molecule has 100 valence electrons. The number of hydrogen-bond acceptors (Lipinski definition) is 2. The summed E-state index contributed by atoms with van der Waals surface area (Å²) in [4.78, 5) is 11.9. The first-order chi connectivity index (χ1) is 9.31. The number of fused-ring (bicyclic) bond motifs is 1. The highest BCUT2D eigenvalue weighted by molar-refractivity contribution is 5.95. The number of ether oxygens (including phenoxy) is 1. The maximum absolute atomic E-state index is 11.9. The fourth-order valence-corrected chi connectivity index (χ4v) is 2.09. The Morgan fingerprint density at radius 2 is 1.79 bits per heavy atom. The van der Waals surface area contributed by atoms with Gasteiger partial charge in [0.2, 0.25) is 0 Å². The number of unbranched alkanes of at least 4 members (excludes halogenated alkanes) is 3. The monoisotopic (exact) mass is 256 g/mol. The number of esters is 1. The van der Waals surface area contributed by atoms with Crippen LogP contribution in [0.4, 0.5) is 0 Å². The summed E-state index contributed by atoms with van der Waals surface area (Å²) >= 11 is 0. The van der Waals surface area contributed by atoms with E-state index in [1.165, 1.54) is 12.8 Å². The zero-order chi connectivity index (χ0) is 13.5. The molecule has 2 aromatic rings. The van der Waals surface area contributed by atoms with Crippen LogP contribution in [0.5, 0.6) is 0 Å². The molecular weight excluding hydrogens is 236 g/mol. The molecule has 0 saturated heterocycles. The van der Waals surface area contributed by atoms with Crippen LogP contribution in [0.2, 0.25) is 0 Å². The first kappa shape index (κ1) is 13.6. The highest BCUT2D eigenvalue weighted by Crippen LogP contribution is 2.16. The number of rotatable bonds is 6. The van der Waals surface area contributed by atoms with Gasteiger partial charge in [0.05, 0.1) is 12.2 Å². The van der Waals surface area contributed by atoms with Gasteiger partial charge in [-0.05, 0) is 29.3 Å². The van der Waals surface area contributed by atoms with Crippen LogP contribution in [-0.4, -0.2) is 12.6 Å². The minimum atomic E-state index is -0.220. The van der Waals surface area contributed by atoms with E-state index < -0.39 is 0 Å². The minimum Gasteiger partial charge on any atom is -0.462 e. The molecule has 0 aliphatic heterocycles. The molecule has 2 heteroatoms. The van der Waals surface area contributed by atoms with Crippen LogP contribution in [0.1, 0.15) is 43.0 Å². The lowest BCUT2D eigenvalue weighted by atomic mass is 10.1. The van der Waals surface area contributed by atoms with Crippen LogP contribution < -0.4 is 0 Å². The Balaban J connectivity index is 1.93. The highest BCUT2D eigenvalue weighted by Gasteiger charge is 2.07. The zero-order valence-electron chi connectivity index (χ0n) is 11.4. The number of hydrogen-bond donors (Lipinski definition) is 0. The Labute approximate surface area is 114 Å². The second-order valence-corrected chi connectivity index (χ2v) is 4.76. The quantitative estimate of drug-likeness (QED) is 0.558. The molecular formula is C17H20O2. The lowest BCUT2D eigenvalue weighted by Crippen LogP contribution is -2.06. The van der Waals surface area contributed by atoms with Crippen molar-refractivity contribution in [2.45, 2.75) is 32.6 Å². The number of carbonyl (C=O) groups excluding carboxylic acids is 1. The molecule has 2 aromatic carbocycles. The van der Waals surface area contributed by atoms with Crippen molar-refractivity contribution in [1.82, 2.24) is 0 Å². The van der Waals surface area contributed by atoms with Gasteiger partial charge in [0, 0.05) is 0 Å². The molecule has 0 aliphatic carbocycles. The molecule has 0 radical (unpaired) electrons. The second-order valence-electron chi connectivity index (χ2n) is 4.76. The van der Waals surface area contributed by atoms with E-state index in [1.54, 1.807) is 0 Å². The lowest BCUT2D eigenvalue weighted by Gasteiger charge is -2.05. The summed E-state index contributed by atoms with van der Waals surface area (Å²) in [6.07, 6.45) is 4.47. The van der Waals surface area contributed by atoms with Crippen molar-refractivity contribution in [1.29, 1.82) is 0 Å².